The highest BCUT2D eigenvalue weighted by atomic mass is 35.5. The molecule has 0 radical (unpaired) electrons. The second kappa shape index (κ2) is 5.64. The molecule has 2 fully saturated rings. The molecule has 0 aromatic heterocycles. The summed E-state index contributed by atoms with van der Waals surface area (Å²) in [6.07, 6.45) is 5.39. The summed E-state index contributed by atoms with van der Waals surface area (Å²) in [7, 11) is 0. The van der Waals surface area contributed by atoms with Crippen LogP contribution in [-0.2, 0) is 0 Å². The van der Waals surface area contributed by atoms with Crippen molar-refractivity contribution in [1.82, 2.24) is 5.32 Å². The van der Waals surface area contributed by atoms with Crippen molar-refractivity contribution in [3.05, 3.63) is 35.9 Å². The number of benzene rings is 1. The van der Waals surface area contributed by atoms with Gasteiger partial charge in [-0.25, -0.2) is 0 Å². The maximum absolute atomic E-state index is 3.71. The van der Waals surface area contributed by atoms with Crippen molar-refractivity contribution in [3.63, 3.8) is 0 Å². The van der Waals surface area contributed by atoms with E-state index in [1.165, 1.54) is 38.0 Å². The average Bonchev–Trinajstić information content (AvgIpc) is 2.80. The molecule has 1 nitrogen and oxygen atoms in total. The molecule has 2 aliphatic rings. The Morgan fingerprint density at radius 1 is 1.12 bits per heavy atom. The van der Waals surface area contributed by atoms with E-state index in [0.717, 1.165) is 5.92 Å². The Labute approximate surface area is 114 Å². The monoisotopic (exact) mass is 269 g/mol. The van der Waals surface area contributed by atoms with Gasteiger partial charge in [0.1, 0.15) is 0 Å². The highest BCUT2D eigenvalue weighted by Gasteiger charge is 2.38. The zero-order chi connectivity index (χ0) is 10.8. The van der Waals surface area contributed by atoms with Crippen LogP contribution in [0.5, 0.6) is 0 Å². The van der Waals surface area contributed by atoms with Crippen molar-refractivity contribution in [3.8, 4) is 0 Å². The summed E-state index contributed by atoms with van der Waals surface area (Å²) >= 11 is 2.15. The van der Waals surface area contributed by atoms with Crippen molar-refractivity contribution in [1.29, 1.82) is 0 Å². The number of nitrogens with one attached hydrogen (secondary N) is 1. The van der Waals surface area contributed by atoms with Gasteiger partial charge >= 0.3 is 0 Å². The molecule has 0 amide bonds. The van der Waals surface area contributed by atoms with Gasteiger partial charge < -0.3 is 5.32 Å². The minimum atomic E-state index is 0. The minimum Gasteiger partial charge on any atom is -0.302 e. The lowest BCUT2D eigenvalue weighted by atomic mass is 9.81. The summed E-state index contributed by atoms with van der Waals surface area (Å²) in [5.41, 5.74) is 1.54. The molecule has 1 spiro atoms. The van der Waals surface area contributed by atoms with E-state index < -0.39 is 0 Å². The molecule has 17 heavy (non-hydrogen) atoms. The molecule has 0 atom stereocenters. The van der Waals surface area contributed by atoms with Gasteiger partial charge in [0.25, 0.3) is 0 Å². The topological polar surface area (TPSA) is 12.0 Å². The third kappa shape index (κ3) is 2.81. The van der Waals surface area contributed by atoms with Crippen LogP contribution in [0.25, 0.3) is 0 Å². The number of rotatable bonds is 1. The Balaban J connectivity index is 0.00000108. The Hall–Kier alpha value is -0.180. The Morgan fingerprint density at radius 3 is 2.41 bits per heavy atom. The zero-order valence-electron chi connectivity index (χ0n) is 10.0. The largest absolute Gasteiger partial charge is 0.302 e. The Bertz CT molecular complexity index is 338. The molecule has 94 valence electrons. The first-order valence-electron chi connectivity index (χ1n) is 6.32. The quantitative estimate of drug-likeness (QED) is 0.832. The van der Waals surface area contributed by atoms with Gasteiger partial charge in [-0.1, -0.05) is 30.3 Å². The van der Waals surface area contributed by atoms with Crippen molar-refractivity contribution < 1.29 is 0 Å². The molecule has 0 unspecified atom stereocenters. The van der Waals surface area contributed by atoms with Crippen molar-refractivity contribution in [2.75, 3.05) is 12.3 Å². The van der Waals surface area contributed by atoms with Gasteiger partial charge in [-0.3, -0.25) is 0 Å². The normalized spacial score (nSPS) is 32.4. The van der Waals surface area contributed by atoms with E-state index in [-0.39, 0.29) is 12.4 Å². The van der Waals surface area contributed by atoms with Gasteiger partial charge in [-0.2, -0.15) is 0 Å². The Morgan fingerprint density at radius 2 is 1.82 bits per heavy atom. The van der Waals surface area contributed by atoms with E-state index in [1.807, 2.05) is 0 Å². The second-order valence-electron chi connectivity index (χ2n) is 4.95. The SMILES string of the molecule is Cl.c1ccc(C2CCC3(CC2)NCCS3)cc1. The molecule has 1 saturated carbocycles. The summed E-state index contributed by atoms with van der Waals surface area (Å²) in [4.78, 5) is 0.450. The lowest BCUT2D eigenvalue weighted by Gasteiger charge is -2.36. The van der Waals surface area contributed by atoms with Crippen LogP contribution in [-0.4, -0.2) is 17.2 Å². The van der Waals surface area contributed by atoms with Gasteiger partial charge in [0.05, 0.1) is 4.87 Å². The summed E-state index contributed by atoms with van der Waals surface area (Å²) < 4.78 is 0. The molecule has 1 heterocycles. The average molecular weight is 270 g/mol. The van der Waals surface area contributed by atoms with Crippen molar-refractivity contribution in [2.45, 2.75) is 36.5 Å². The highest BCUT2D eigenvalue weighted by molar-refractivity contribution is 8.00. The van der Waals surface area contributed by atoms with E-state index in [1.54, 1.807) is 5.56 Å². The molecule has 1 aliphatic carbocycles. The standard InChI is InChI=1S/C14H19NS.ClH/c1-2-4-12(5-3-1)13-6-8-14(9-7-13)15-10-11-16-14;/h1-5,13,15H,6-11H2;1H. The van der Waals surface area contributed by atoms with Gasteiger partial charge in [0.15, 0.2) is 0 Å². The summed E-state index contributed by atoms with van der Waals surface area (Å²) in [6.45, 7) is 1.21. The molecule has 3 heteroatoms. The van der Waals surface area contributed by atoms with Gasteiger partial charge in [-0.15, -0.1) is 24.2 Å². The van der Waals surface area contributed by atoms with Crippen LogP contribution in [0.1, 0.15) is 37.2 Å². The first-order chi connectivity index (χ1) is 7.88. The molecular weight excluding hydrogens is 250 g/mol. The Kier molecular flexibility index (Phi) is 4.40. The first kappa shape index (κ1) is 13.3. The number of hydrogen-bond acceptors (Lipinski definition) is 2. The van der Waals surface area contributed by atoms with Crippen molar-refractivity contribution >= 4 is 24.2 Å². The minimum absolute atomic E-state index is 0. The predicted molar refractivity (Wildman–Crippen MR) is 78.1 cm³/mol. The molecule has 1 aromatic rings. The maximum Gasteiger partial charge on any atom is 0.0646 e. The van der Waals surface area contributed by atoms with E-state index in [2.05, 4.69) is 47.4 Å². The maximum atomic E-state index is 3.71. The second-order valence-corrected chi connectivity index (χ2v) is 6.43. The molecule has 0 bridgehead atoms. The van der Waals surface area contributed by atoms with E-state index in [0.29, 0.717) is 4.87 Å². The lowest BCUT2D eigenvalue weighted by Crippen LogP contribution is -2.40. The van der Waals surface area contributed by atoms with Crippen LogP contribution in [0.4, 0.5) is 0 Å². The lowest BCUT2D eigenvalue weighted by molar-refractivity contribution is 0.327. The molecule has 3 rings (SSSR count). The number of thioether (sulfide) groups is 1. The smallest absolute Gasteiger partial charge is 0.0646 e. The predicted octanol–water partition coefficient (Wildman–Crippen LogP) is 3.80. The number of hydrogen-bond donors (Lipinski definition) is 1. The van der Waals surface area contributed by atoms with Gasteiger partial charge in [0.2, 0.25) is 0 Å². The van der Waals surface area contributed by atoms with Crippen LogP contribution in [0.15, 0.2) is 30.3 Å². The third-order valence-electron chi connectivity index (χ3n) is 3.99. The van der Waals surface area contributed by atoms with E-state index >= 15 is 0 Å². The van der Waals surface area contributed by atoms with E-state index in [4.69, 9.17) is 0 Å². The first-order valence-corrected chi connectivity index (χ1v) is 7.30. The van der Waals surface area contributed by atoms with Crippen LogP contribution in [0.2, 0.25) is 0 Å². The van der Waals surface area contributed by atoms with Crippen LogP contribution in [0.3, 0.4) is 0 Å². The van der Waals surface area contributed by atoms with Gasteiger partial charge in [-0.05, 0) is 37.2 Å². The molecule has 1 saturated heterocycles. The fourth-order valence-corrected chi connectivity index (χ4v) is 4.36. The molecule has 1 N–H and O–H groups in total. The third-order valence-corrected chi connectivity index (χ3v) is 5.51. The van der Waals surface area contributed by atoms with E-state index in [9.17, 15) is 0 Å². The summed E-state index contributed by atoms with van der Waals surface area (Å²) in [6, 6.07) is 11.0. The van der Waals surface area contributed by atoms with Gasteiger partial charge in [0, 0.05) is 12.3 Å². The fourth-order valence-electron chi connectivity index (χ4n) is 3.04. The van der Waals surface area contributed by atoms with Crippen LogP contribution >= 0.6 is 24.2 Å². The molecular formula is C14H20ClNS. The zero-order valence-corrected chi connectivity index (χ0v) is 11.7. The molecule has 1 aromatic carbocycles. The number of halogens is 1. The highest BCUT2D eigenvalue weighted by Crippen LogP contribution is 2.45. The van der Waals surface area contributed by atoms with Crippen LogP contribution < -0.4 is 5.32 Å². The van der Waals surface area contributed by atoms with Crippen LogP contribution in [0, 0.1) is 0 Å². The summed E-state index contributed by atoms with van der Waals surface area (Å²) in [5, 5.41) is 3.71. The summed E-state index contributed by atoms with van der Waals surface area (Å²) in [5.74, 6) is 2.10. The van der Waals surface area contributed by atoms with Crippen molar-refractivity contribution in [2.24, 2.45) is 0 Å². The fraction of sp³-hybridized carbons (Fsp3) is 0.571. The molecule has 1 aliphatic heterocycles.